The predicted molar refractivity (Wildman–Crippen MR) is 213 cm³/mol. The zero-order valence-corrected chi connectivity index (χ0v) is 30.1. The van der Waals surface area contributed by atoms with Crippen LogP contribution in [0.5, 0.6) is 0 Å². The molecule has 0 radical (unpaired) electrons. The van der Waals surface area contributed by atoms with Crippen molar-refractivity contribution in [2.75, 3.05) is 0 Å². The molecule has 4 nitrogen and oxygen atoms in total. The third kappa shape index (κ3) is 12.3. The molecule has 0 spiro atoms. The highest BCUT2D eigenvalue weighted by atomic mass is 16.1. The number of benzene rings is 6. The Morgan fingerprint density at radius 2 is 0.750 bits per heavy atom. The summed E-state index contributed by atoms with van der Waals surface area (Å²) in [6.45, 7) is 5.22. The Balaban J connectivity index is 0.000000202. The number of hydrogen-bond donors (Lipinski definition) is 0. The zero-order chi connectivity index (χ0) is 36.2. The molecule has 6 rings (SSSR count). The Morgan fingerprint density at radius 3 is 1.06 bits per heavy atom. The van der Waals surface area contributed by atoms with E-state index < -0.39 is 0 Å². The number of nitrogens with zero attached hydrogens (tertiary/aromatic N) is 3. The van der Waals surface area contributed by atoms with E-state index in [-0.39, 0.29) is 18.0 Å². The van der Waals surface area contributed by atoms with Gasteiger partial charge in [-0.05, 0) is 53.1 Å². The molecule has 262 valence electrons. The summed E-state index contributed by atoms with van der Waals surface area (Å²) in [7, 11) is 0. The highest BCUT2D eigenvalue weighted by Gasteiger charge is 2.25. The quantitative estimate of drug-likeness (QED) is 0.0953. The van der Waals surface area contributed by atoms with Crippen molar-refractivity contribution in [1.29, 1.82) is 5.26 Å². The lowest BCUT2D eigenvalue weighted by Gasteiger charge is -2.34. The molecule has 4 heteroatoms. The standard InChI is InChI=1S/C25H26N2.C23H23NO/c1-21(18-26)25(17-22-11-5-2-6-12-22)27(19-23-13-7-3-8-14-23)20-24-15-9-4-10-16-24;25-19-23(16-20-10-4-1-5-11-20)24(17-21-12-6-2-7-13-21)18-22-14-8-3-9-15-22/h2-16,21,25H,17,19-20H2,1H3;1-15,19,23H,16-18H2. The maximum Gasteiger partial charge on any atom is 0.137 e. The first-order valence-electron chi connectivity index (χ1n) is 18.2. The molecule has 0 aromatic heterocycles. The highest BCUT2D eigenvalue weighted by Crippen LogP contribution is 2.22. The van der Waals surface area contributed by atoms with Crippen LogP contribution in [0.2, 0.25) is 0 Å². The van der Waals surface area contributed by atoms with Gasteiger partial charge in [-0.25, -0.2) is 0 Å². The van der Waals surface area contributed by atoms with Crippen LogP contribution in [0.15, 0.2) is 182 Å². The molecular formula is C48H49N3O. The van der Waals surface area contributed by atoms with Crippen LogP contribution >= 0.6 is 0 Å². The van der Waals surface area contributed by atoms with Crippen LogP contribution < -0.4 is 0 Å². The molecular weight excluding hydrogens is 635 g/mol. The second kappa shape index (κ2) is 20.9. The molecule has 6 aromatic rings. The van der Waals surface area contributed by atoms with Crippen molar-refractivity contribution < 1.29 is 4.79 Å². The van der Waals surface area contributed by atoms with E-state index in [9.17, 15) is 10.1 Å². The first-order chi connectivity index (χ1) is 25.6. The summed E-state index contributed by atoms with van der Waals surface area (Å²) in [5.41, 5.74) is 7.45. The number of carbonyl (C=O) groups is 1. The SMILES string of the molecule is CC(C#N)C(Cc1ccccc1)N(Cc1ccccc1)Cc1ccccc1.O=CC(Cc1ccccc1)N(Cc1ccccc1)Cc1ccccc1. The molecule has 0 aliphatic rings. The Labute approximate surface area is 310 Å². The smallest absolute Gasteiger partial charge is 0.137 e. The van der Waals surface area contributed by atoms with E-state index in [1.165, 1.54) is 33.4 Å². The van der Waals surface area contributed by atoms with Crippen LogP contribution in [0.3, 0.4) is 0 Å². The van der Waals surface area contributed by atoms with Crippen molar-refractivity contribution in [3.63, 3.8) is 0 Å². The van der Waals surface area contributed by atoms with Crippen molar-refractivity contribution in [2.24, 2.45) is 5.92 Å². The first kappa shape index (κ1) is 37.7. The van der Waals surface area contributed by atoms with Gasteiger partial charge in [-0.2, -0.15) is 5.26 Å². The summed E-state index contributed by atoms with van der Waals surface area (Å²) in [6.07, 6.45) is 2.68. The number of aldehydes is 1. The van der Waals surface area contributed by atoms with Crippen LogP contribution in [-0.2, 0) is 43.8 Å². The predicted octanol–water partition coefficient (Wildman–Crippen LogP) is 9.96. The lowest BCUT2D eigenvalue weighted by atomic mass is 9.93. The molecule has 0 saturated carbocycles. The molecule has 0 aliphatic carbocycles. The van der Waals surface area contributed by atoms with E-state index in [1.54, 1.807) is 0 Å². The lowest BCUT2D eigenvalue weighted by Crippen LogP contribution is -2.40. The number of nitriles is 1. The fraction of sp³-hybridized carbons (Fsp3) is 0.208. The summed E-state index contributed by atoms with van der Waals surface area (Å²) in [4.78, 5) is 16.6. The summed E-state index contributed by atoms with van der Waals surface area (Å²) in [5.74, 6) is -0.0577. The minimum Gasteiger partial charge on any atom is -0.302 e. The summed E-state index contributed by atoms with van der Waals surface area (Å²) in [5, 5.41) is 9.69. The molecule has 52 heavy (non-hydrogen) atoms. The van der Waals surface area contributed by atoms with Crippen molar-refractivity contribution in [3.8, 4) is 6.07 Å². The maximum absolute atomic E-state index is 11.9. The van der Waals surface area contributed by atoms with Gasteiger partial charge in [-0.3, -0.25) is 9.80 Å². The van der Waals surface area contributed by atoms with Crippen LogP contribution in [0.25, 0.3) is 0 Å². The molecule has 0 N–H and O–H groups in total. The van der Waals surface area contributed by atoms with Gasteiger partial charge in [-0.1, -0.05) is 182 Å². The molecule has 0 fully saturated rings. The first-order valence-corrected chi connectivity index (χ1v) is 18.2. The summed E-state index contributed by atoms with van der Waals surface area (Å²) >= 11 is 0. The highest BCUT2D eigenvalue weighted by molar-refractivity contribution is 5.58. The van der Waals surface area contributed by atoms with Crippen molar-refractivity contribution in [1.82, 2.24) is 9.80 Å². The van der Waals surface area contributed by atoms with Gasteiger partial charge in [0.25, 0.3) is 0 Å². The van der Waals surface area contributed by atoms with E-state index in [2.05, 4.69) is 125 Å². The molecule has 0 saturated heterocycles. The van der Waals surface area contributed by atoms with Crippen molar-refractivity contribution in [2.45, 2.75) is 58.0 Å². The second-order valence-corrected chi connectivity index (χ2v) is 13.3. The Kier molecular flexibility index (Phi) is 15.2. The molecule has 0 amide bonds. The average Bonchev–Trinajstić information content (AvgIpc) is 3.21. The number of rotatable bonds is 16. The van der Waals surface area contributed by atoms with Gasteiger partial charge in [0.05, 0.1) is 18.0 Å². The Hall–Kier alpha value is -5.60. The van der Waals surface area contributed by atoms with Gasteiger partial charge in [0.15, 0.2) is 0 Å². The normalized spacial score (nSPS) is 12.6. The maximum atomic E-state index is 11.9. The van der Waals surface area contributed by atoms with Crippen LogP contribution in [0.1, 0.15) is 40.3 Å². The third-order valence-electron chi connectivity index (χ3n) is 9.37. The number of hydrogen-bond acceptors (Lipinski definition) is 4. The van der Waals surface area contributed by atoms with Crippen LogP contribution in [0, 0.1) is 17.2 Å². The molecule has 0 heterocycles. The van der Waals surface area contributed by atoms with Gasteiger partial charge >= 0.3 is 0 Å². The Bertz CT molecular complexity index is 1800. The van der Waals surface area contributed by atoms with Gasteiger partial charge in [0.1, 0.15) is 6.29 Å². The fourth-order valence-electron chi connectivity index (χ4n) is 6.54. The van der Waals surface area contributed by atoms with Gasteiger partial charge < -0.3 is 4.79 Å². The molecule has 3 atom stereocenters. The minimum atomic E-state index is -0.150. The zero-order valence-electron chi connectivity index (χ0n) is 30.1. The Morgan fingerprint density at radius 1 is 0.462 bits per heavy atom. The van der Waals surface area contributed by atoms with E-state index in [4.69, 9.17) is 0 Å². The van der Waals surface area contributed by atoms with Crippen molar-refractivity contribution >= 4 is 6.29 Å². The monoisotopic (exact) mass is 683 g/mol. The van der Waals surface area contributed by atoms with Gasteiger partial charge in [0.2, 0.25) is 0 Å². The van der Waals surface area contributed by atoms with Crippen LogP contribution in [0.4, 0.5) is 0 Å². The van der Waals surface area contributed by atoms with Gasteiger partial charge in [0, 0.05) is 32.2 Å². The summed E-state index contributed by atoms with van der Waals surface area (Å²) < 4.78 is 0. The van der Waals surface area contributed by atoms with E-state index in [0.29, 0.717) is 0 Å². The van der Waals surface area contributed by atoms with Crippen molar-refractivity contribution in [3.05, 3.63) is 215 Å². The largest absolute Gasteiger partial charge is 0.302 e. The van der Waals surface area contributed by atoms with E-state index in [0.717, 1.165) is 45.3 Å². The average molecular weight is 684 g/mol. The van der Waals surface area contributed by atoms with E-state index in [1.807, 2.05) is 79.7 Å². The topological polar surface area (TPSA) is 47.3 Å². The second-order valence-electron chi connectivity index (χ2n) is 13.3. The summed E-state index contributed by atoms with van der Waals surface area (Å²) in [6, 6.07) is 64.9. The van der Waals surface area contributed by atoms with Gasteiger partial charge in [-0.15, -0.1) is 0 Å². The van der Waals surface area contributed by atoms with E-state index >= 15 is 0 Å². The minimum absolute atomic E-state index is 0.0577. The molecule has 6 aromatic carbocycles. The molecule has 3 unspecified atom stereocenters. The molecule has 0 bridgehead atoms. The third-order valence-corrected chi connectivity index (χ3v) is 9.37. The molecule has 0 aliphatic heterocycles. The fourth-order valence-corrected chi connectivity index (χ4v) is 6.54. The van der Waals surface area contributed by atoms with Crippen LogP contribution in [-0.4, -0.2) is 28.2 Å². The lowest BCUT2D eigenvalue weighted by molar-refractivity contribution is -0.112. The number of carbonyl (C=O) groups excluding carboxylic acids is 1.